The smallest absolute Gasteiger partial charge is 0.245 e. The van der Waals surface area contributed by atoms with Crippen molar-refractivity contribution in [1.29, 1.82) is 0 Å². The number of aromatic nitrogens is 1. The van der Waals surface area contributed by atoms with Crippen LogP contribution in [0, 0.1) is 5.82 Å². The van der Waals surface area contributed by atoms with Gasteiger partial charge >= 0.3 is 0 Å². The molecule has 4 aromatic rings. The number of para-hydroxylation sites is 1. The molecule has 0 fully saturated rings. The molecule has 2 bridgehead atoms. The Balaban J connectivity index is 1.56. The number of rotatable bonds is 9. The van der Waals surface area contributed by atoms with Crippen LogP contribution in [0.25, 0.3) is 22.0 Å². The lowest BCUT2D eigenvalue weighted by atomic mass is 9.96. The quantitative estimate of drug-likeness (QED) is 0.152. The Labute approximate surface area is 280 Å². The first-order valence-electron chi connectivity index (χ1n) is 16.7. The molecular weight excluding hydrogens is 609 g/mol. The van der Waals surface area contributed by atoms with E-state index in [0.29, 0.717) is 61.9 Å². The number of aromatic amines is 1. The van der Waals surface area contributed by atoms with Gasteiger partial charge in [0.1, 0.15) is 17.9 Å². The monoisotopic (exact) mass is 655 g/mol. The van der Waals surface area contributed by atoms with Gasteiger partial charge in [-0.05, 0) is 68.0 Å². The maximum absolute atomic E-state index is 16.1. The summed E-state index contributed by atoms with van der Waals surface area (Å²) >= 11 is 0. The third kappa shape index (κ3) is 8.10. The van der Waals surface area contributed by atoms with E-state index in [-0.39, 0.29) is 37.2 Å². The number of nitrogens with one attached hydrogen (secondary N) is 4. The number of amides is 3. The average molecular weight is 656 g/mol. The van der Waals surface area contributed by atoms with Gasteiger partial charge in [0.2, 0.25) is 17.7 Å². The van der Waals surface area contributed by atoms with E-state index in [4.69, 9.17) is 11.5 Å². The van der Waals surface area contributed by atoms with E-state index in [9.17, 15) is 14.4 Å². The number of carbonyl (C=O) groups is 3. The highest BCUT2D eigenvalue weighted by atomic mass is 19.1. The number of H-pyrrole nitrogens is 1. The van der Waals surface area contributed by atoms with Crippen molar-refractivity contribution >= 4 is 28.6 Å². The van der Waals surface area contributed by atoms with Crippen LogP contribution in [-0.2, 0) is 33.9 Å². The molecule has 1 aromatic heterocycles. The van der Waals surface area contributed by atoms with Crippen molar-refractivity contribution in [3.63, 3.8) is 0 Å². The third-order valence-electron chi connectivity index (χ3n) is 9.16. The van der Waals surface area contributed by atoms with Crippen molar-refractivity contribution in [2.75, 3.05) is 20.1 Å². The Bertz CT molecular complexity index is 1720. The van der Waals surface area contributed by atoms with Crippen LogP contribution in [0.1, 0.15) is 48.8 Å². The van der Waals surface area contributed by atoms with Gasteiger partial charge in [-0.15, -0.1) is 0 Å². The Kier molecular flexibility index (Phi) is 11.9. The molecule has 3 aromatic carbocycles. The molecule has 48 heavy (non-hydrogen) atoms. The van der Waals surface area contributed by atoms with Gasteiger partial charge in [0, 0.05) is 54.8 Å². The molecule has 3 amide bonds. The molecule has 254 valence electrons. The Morgan fingerprint density at radius 1 is 0.792 bits per heavy atom. The van der Waals surface area contributed by atoms with Crippen LogP contribution >= 0.6 is 0 Å². The topological polar surface area (TPSA) is 158 Å². The Morgan fingerprint density at radius 2 is 1.50 bits per heavy atom. The minimum absolute atomic E-state index is 0.0968. The second kappa shape index (κ2) is 16.5. The molecule has 3 unspecified atom stereocenters. The predicted octanol–water partition coefficient (Wildman–Crippen LogP) is 3.48. The maximum atomic E-state index is 16.1. The summed E-state index contributed by atoms with van der Waals surface area (Å²) in [5.41, 5.74) is 15.5. The molecule has 0 radical (unpaired) electrons. The van der Waals surface area contributed by atoms with Crippen LogP contribution in [0.5, 0.6) is 0 Å². The summed E-state index contributed by atoms with van der Waals surface area (Å²) in [5.74, 6) is -1.52. The molecule has 8 N–H and O–H groups in total. The standard InChI is InChI=1S/C37H46FN7O3/c1-45-33(20-26-23-41-30-15-5-4-13-28(26)30)36(47)43-21-24-10-2-3-12-27(24)29-14-8-11-25(34(29)38)22-42-31(17-9-19-40)35(46)44-32(37(45)48)16-6-7-18-39/h2-5,8,10-15,23,31-33,41-42H,6-7,9,16-22,39-40H2,1H3,(H,43,47)(H,44,46). The summed E-state index contributed by atoms with van der Waals surface area (Å²) in [7, 11) is 1.61. The van der Waals surface area contributed by atoms with Crippen LogP contribution in [0.3, 0.4) is 0 Å². The lowest BCUT2D eigenvalue weighted by molar-refractivity contribution is -0.142. The first-order chi connectivity index (χ1) is 23.3. The zero-order chi connectivity index (χ0) is 34.0. The Morgan fingerprint density at radius 3 is 2.31 bits per heavy atom. The highest BCUT2D eigenvalue weighted by molar-refractivity contribution is 5.94. The highest BCUT2D eigenvalue weighted by Gasteiger charge is 2.34. The van der Waals surface area contributed by atoms with Crippen LogP contribution < -0.4 is 27.4 Å². The van der Waals surface area contributed by atoms with Crippen LogP contribution in [-0.4, -0.2) is 65.9 Å². The minimum atomic E-state index is -0.903. The molecule has 1 aliphatic heterocycles. The van der Waals surface area contributed by atoms with Crippen molar-refractivity contribution in [2.24, 2.45) is 11.5 Å². The third-order valence-corrected chi connectivity index (χ3v) is 9.16. The maximum Gasteiger partial charge on any atom is 0.245 e. The summed E-state index contributed by atoms with van der Waals surface area (Å²) in [6.07, 6.45) is 4.68. The number of hydrogen-bond acceptors (Lipinski definition) is 6. The predicted molar refractivity (Wildman–Crippen MR) is 186 cm³/mol. The summed E-state index contributed by atoms with van der Waals surface area (Å²) in [6.45, 7) is 1.04. The summed E-state index contributed by atoms with van der Waals surface area (Å²) < 4.78 is 16.1. The molecule has 5 rings (SSSR count). The zero-order valence-electron chi connectivity index (χ0n) is 27.4. The number of hydrogen-bond donors (Lipinski definition) is 6. The fraction of sp³-hybridized carbons (Fsp3) is 0.378. The SMILES string of the molecule is CN1C(=O)C(CCCCN)NC(=O)C(CCCN)NCc2cccc(c2F)-c2ccccc2CNC(=O)C1Cc1c[nH]c2ccccc12. The van der Waals surface area contributed by atoms with E-state index in [2.05, 4.69) is 20.9 Å². The van der Waals surface area contributed by atoms with Crippen LogP contribution in [0.4, 0.5) is 4.39 Å². The second-order valence-corrected chi connectivity index (χ2v) is 12.4. The summed E-state index contributed by atoms with van der Waals surface area (Å²) in [4.78, 5) is 46.9. The number of likely N-dealkylation sites (N-methyl/N-ethyl adjacent to an activating group) is 1. The van der Waals surface area contributed by atoms with Crippen molar-refractivity contribution < 1.29 is 18.8 Å². The second-order valence-electron chi connectivity index (χ2n) is 12.4. The number of benzene rings is 3. The number of carbonyl (C=O) groups excluding carboxylic acids is 3. The van der Waals surface area contributed by atoms with Gasteiger partial charge in [0.25, 0.3) is 0 Å². The Hall–Kier alpha value is -4.58. The van der Waals surface area contributed by atoms with Gasteiger partial charge in [-0.3, -0.25) is 14.4 Å². The molecule has 2 heterocycles. The molecule has 0 spiro atoms. The number of unbranched alkanes of at least 4 members (excludes halogenated alkanes) is 1. The van der Waals surface area contributed by atoms with Gasteiger partial charge in [-0.1, -0.05) is 60.7 Å². The zero-order valence-corrected chi connectivity index (χ0v) is 27.4. The first-order valence-corrected chi connectivity index (χ1v) is 16.7. The molecule has 3 atom stereocenters. The van der Waals surface area contributed by atoms with Gasteiger partial charge in [-0.25, -0.2) is 4.39 Å². The largest absolute Gasteiger partial charge is 0.361 e. The molecule has 0 aliphatic carbocycles. The van der Waals surface area contributed by atoms with Crippen LogP contribution in [0.2, 0.25) is 0 Å². The number of halogens is 1. The van der Waals surface area contributed by atoms with Crippen LogP contribution in [0.15, 0.2) is 72.9 Å². The van der Waals surface area contributed by atoms with Gasteiger partial charge in [0.05, 0.1) is 6.04 Å². The van der Waals surface area contributed by atoms with E-state index < -0.39 is 23.9 Å². The minimum Gasteiger partial charge on any atom is -0.361 e. The van der Waals surface area contributed by atoms with E-state index in [1.807, 2.05) is 54.7 Å². The fourth-order valence-corrected chi connectivity index (χ4v) is 6.38. The normalized spacial score (nSPS) is 19.5. The average Bonchev–Trinajstić information content (AvgIpc) is 3.51. The molecule has 0 saturated carbocycles. The van der Waals surface area contributed by atoms with E-state index in [0.717, 1.165) is 22.0 Å². The molecule has 0 saturated heterocycles. The van der Waals surface area contributed by atoms with Gasteiger partial charge in [0.15, 0.2) is 0 Å². The number of nitrogens with zero attached hydrogens (tertiary/aromatic N) is 1. The summed E-state index contributed by atoms with van der Waals surface area (Å²) in [6, 6.07) is 17.8. The van der Waals surface area contributed by atoms with E-state index in [1.165, 1.54) is 4.90 Å². The van der Waals surface area contributed by atoms with Crippen molar-refractivity contribution in [2.45, 2.75) is 69.7 Å². The molecular formula is C37H46FN7O3. The molecule has 11 heteroatoms. The fourth-order valence-electron chi connectivity index (χ4n) is 6.38. The van der Waals surface area contributed by atoms with E-state index >= 15 is 4.39 Å². The van der Waals surface area contributed by atoms with Gasteiger partial charge < -0.3 is 37.3 Å². The number of fused-ring (bicyclic) bond motifs is 5. The van der Waals surface area contributed by atoms with E-state index in [1.54, 1.807) is 25.2 Å². The first kappa shape index (κ1) is 34.7. The number of nitrogens with two attached hydrogens (primary N) is 2. The van der Waals surface area contributed by atoms with Crippen molar-refractivity contribution in [1.82, 2.24) is 25.8 Å². The summed E-state index contributed by atoms with van der Waals surface area (Å²) in [5, 5.41) is 10.2. The van der Waals surface area contributed by atoms with Gasteiger partial charge in [-0.2, -0.15) is 0 Å². The molecule has 10 nitrogen and oxygen atoms in total. The highest BCUT2D eigenvalue weighted by Crippen LogP contribution is 2.29. The molecule has 1 aliphatic rings. The lowest BCUT2D eigenvalue weighted by Gasteiger charge is -2.32. The lowest BCUT2D eigenvalue weighted by Crippen LogP contribution is -2.57. The van der Waals surface area contributed by atoms with Crippen molar-refractivity contribution in [3.05, 3.63) is 95.4 Å². The van der Waals surface area contributed by atoms with Crippen molar-refractivity contribution in [3.8, 4) is 11.1 Å².